The Hall–Kier alpha value is -2.97. The lowest BCUT2D eigenvalue weighted by molar-refractivity contribution is -0.140. The molecular weight excluding hydrogens is 470 g/mol. The first-order valence-electron chi connectivity index (χ1n) is 13.7. The average Bonchev–Trinajstić information content (AvgIpc) is 3.54. The number of aliphatic hydroxyl groups excluding tert-OH is 1. The molecule has 8 heteroatoms. The molecule has 0 radical (unpaired) electrons. The maximum Gasteiger partial charge on any atom is 0.250 e. The smallest absolute Gasteiger partial charge is 0.250 e. The normalized spacial score (nSPS) is 28.1. The third kappa shape index (κ3) is 4.61. The number of likely N-dealkylation sites (tertiary alicyclic amines) is 1. The fourth-order valence-corrected chi connectivity index (χ4v) is 6.59. The molecule has 2 aromatic carbocycles. The minimum atomic E-state index is -0.984. The average molecular weight is 508 g/mol. The van der Waals surface area contributed by atoms with Crippen molar-refractivity contribution in [2.75, 3.05) is 25.0 Å². The minimum Gasteiger partial charge on any atom is -0.396 e. The molecule has 5 atom stereocenters. The van der Waals surface area contributed by atoms with Crippen molar-refractivity contribution >= 4 is 34.2 Å². The van der Waals surface area contributed by atoms with Crippen molar-refractivity contribution < 1.29 is 24.2 Å². The molecule has 0 aliphatic carbocycles. The fourth-order valence-electron chi connectivity index (χ4n) is 6.59. The SMILES string of the molecule is CCCNC(=O)[C@@H]1[C@H]2C(=O)N(CCCCCCO)C(C(=O)Nc3ccc4ccccc4c3)C23CC[C@H]1O3. The second kappa shape index (κ2) is 10.8. The number of amides is 3. The van der Waals surface area contributed by atoms with E-state index in [2.05, 4.69) is 10.6 Å². The van der Waals surface area contributed by atoms with Gasteiger partial charge in [0.05, 0.1) is 17.9 Å². The molecule has 3 fully saturated rings. The van der Waals surface area contributed by atoms with Gasteiger partial charge in [0.15, 0.2) is 0 Å². The number of aliphatic hydroxyl groups is 1. The largest absolute Gasteiger partial charge is 0.396 e. The van der Waals surface area contributed by atoms with Crippen LogP contribution < -0.4 is 10.6 Å². The second-order valence-electron chi connectivity index (χ2n) is 10.6. The van der Waals surface area contributed by atoms with Gasteiger partial charge in [0, 0.05) is 25.4 Å². The van der Waals surface area contributed by atoms with Crippen molar-refractivity contribution in [1.29, 1.82) is 0 Å². The van der Waals surface area contributed by atoms with Crippen LogP contribution in [0.5, 0.6) is 0 Å². The molecule has 2 aromatic rings. The highest BCUT2D eigenvalue weighted by Gasteiger charge is 2.74. The number of benzene rings is 2. The number of nitrogens with one attached hydrogen (secondary N) is 2. The van der Waals surface area contributed by atoms with Crippen LogP contribution in [0, 0.1) is 11.8 Å². The molecule has 37 heavy (non-hydrogen) atoms. The number of ether oxygens (including phenoxy) is 1. The van der Waals surface area contributed by atoms with Gasteiger partial charge in [-0.1, -0.05) is 50.1 Å². The zero-order valence-electron chi connectivity index (χ0n) is 21.4. The Kier molecular flexibility index (Phi) is 7.49. The molecule has 3 aliphatic rings. The number of hydrogen-bond acceptors (Lipinski definition) is 5. The topological polar surface area (TPSA) is 108 Å². The van der Waals surface area contributed by atoms with Gasteiger partial charge < -0.3 is 25.4 Å². The number of unbranched alkanes of at least 4 members (excludes halogenated alkanes) is 3. The molecule has 3 aliphatic heterocycles. The Morgan fingerprint density at radius 1 is 1.08 bits per heavy atom. The van der Waals surface area contributed by atoms with Gasteiger partial charge >= 0.3 is 0 Å². The van der Waals surface area contributed by atoms with Crippen LogP contribution in [0.4, 0.5) is 5.69 Å². The van der Waals surface area contributed by atoms with Crippen LogP contribution in [0.25, 0.3) is 10.8 Å². The number of nitrogens with zero attached hydrogens (tertiary/aromatic N) is 1. The zero-order chi connectivity index (χ0) is 26.0. The molecule has 1 spiro atoms. The van der Waals surface area contributed by atoms with Crippen molar-refractivity contribution in [3.8, 4) is 0 Å². The molecule has 198 valence electrons. The van der Waals surface area contributed by atoms with Gasteiger partial charge in [0.2, 0.25) is 17.7 Å². The first kappa shape index (κ1) is 25.7. The van der Waals surface area contributed by atoms with Crippen LogP contribution in [-0.4, -0.2) is 65.2 Å². The van der Waals surface area contributed by atoms with Crippen molar-refractivity contribution in [1.82, 2.24) is 10.2 Å². The Morgan fingerprint density at radius 3 is 2.65 bits per heavy atom. The van der Waals surface area contributed by atoms with Crippen LogP contribution in [-0.2, 0) is 19.1 Å². The summed E-state index contributed by atoms with van der Waals surface area (Å²) >= 11 is 0. The van der Waals surface area contributed by atoms with E-state index < -0.39 is 23.5 Å². The highest BCUT2D eigenvalue weighted by Crippen LogP contribution is 2.58. The van der Waals surface area contributed by atoms with E-state index in [1.165, 1.54) is 0 Å². The summed E-state index contributed by atoms with van der Waals surface area (Å²) in [6.07, 6.45) is 4.88. The van der Waals surface area contributed by atoms with Gasteiger partial charge in [-0.2, -0.15) is 0 Å². The molecule has 0 aromatic heterocycles. The van der Waals surface area contributed by atoms with Gasteiger partial charge in [-0.3, -0.25) is 14.4 Å². The lowest BCUT2D eigenvalue weighted by Crippen LogP contribution is -2.53. The first-order chi connectivity index (χ1) is 18.0. The molecule has 0 saturated carbocycles. The highest BCUT2D eigenvalue weighted by molar-refractivity contribution is 6.04. The Bertz CT molecular complexity index is 1170. The van der Waals surface area contributed by atoms with Gasteiger partial charge in [-0.15, -0.1) is 0 Å². The molecule has 3 N–H and O–H groups in total. The van der Waals surface area contributed by atoms with Crippen molar-refractivity contribution in [3.63, 3.8) is 0 Å². The fraction of sp³-hybridized carbons (Fsp3) is 0.552. The molecule has 3 amide bonds. The van der Waals surface area contributed by atoms with E-state index in [1.807, 2.05) is 49.4 Å². The summed E-state index contributed by atoms with van der Waals surface area (Å²) in [5, 5.41) is 17.2. The van der Waals surface area contributed by atoms with Crippen LogP contribution in [0.1, 0.15) is 51.9 Å². The summed E-state index contributed by atoms with van der Waals surface area (Å²) in [5.74, 6) is -1.78. The maximum absolute atomic E-state index is 13.9. The van der Waals surface area contributed by atoms with Crippen molar-refractivity contribution in [2.24, 2.45) is 11.8 Å². The molecule has 2 unspecified atom stereocenters. The van der Waals surface area contributed by atoms with Gasteiger partial charge in [0.25, 0.3) is 0 Å². The third-order valence-electron chi connectivity index (χ3n) is 8.22. The van der Waals surface area contributed by atoms with E-state index in [4.69, 9.17) is 9.84 Å². The molecule has 3 saturated heterocycles. The summed E-state index contributed by atoms with van der Waals surface area (Å²) < 4.78 is 6.47. The predicted octanol–water partition coefficient (Wildman–Crippen LogP) is 3.23. The summed E-state index contributed by atoms with van der Waals surface area (Å²) in [4.78, 5) is 42.6. The Labute approximate surface area is 217 Å². The summed E-state index contributed by atoms with van der Waals surface area (Å²) in [5.41, 5.74) is -0.314. The van der Waals surface area contributed by atoms with E-state index >= 15 is 0 Å². The van der Waals surface area contributed by atoms with E-state index in [0.717, 1.165) is 42.9 Å². The highest BCUT2D eigenvalue weighted by atomic mass is 16.5. The van der Waals surface area contributed by atoms with Crippen LogP contribution in [0.15, 0.2) is 42.5 Å². The summed E-state index contributed by atoms with van der Waals surface area (Å²) in [6, 6.07) is 12.9. The van der Waals surface area contributed by atoms with Crippen LogP contribution in [0.2, 0.25) is 0 Å². The number of carbonyl (C=O) groups is 3. The van der Waals surface area contributed by atoms with Crippen molar-refractivity contribution in [3.05, 3.63) is 42.5 Å². The minimum absolute atomic E-state index is 0.147. The zero-order valence-corrected chi connectivity index (χ0v) is 21.4. The van der Waals surface area contributed by atoms with E-state index in [9.17, 15) is 14.4 Å². The van der Waals surface area contributed by atoms with E-state index in [1.54, 1.807) is 4.90 Å². The Morgan fingerprint density at radius 2 is 1.86 bits per heavy atom. The first-order valence-corrected chi connectivity index (χ1v) is 13.7. The monoisotopic (exact) mass is 507 g/mol. The van der Waals surface area contributed by atoms with Crippen LogP contribution >= 0.6 is 0 Å². The molecule has 5 rings (SSSR count). The second-order valence-corrected chi connectivity index (χ2v) is 10.6. The summed E-state index contributed by atoms with van der Waals surface area (Å²) in [7, 11) is 0. The van der Waals surface area contributed by atoms with Gasteiger partial charge in [-0.25, -0.2) is 0 Å². The lowest BCUT2D eigenvalue weighted by Gasteiger charge is -2.33. The number of hydrogen-bond donors (Lipinski definition) is 3. The van der Waals surface area contributed by atoms with E-state index in [-0.39, 0.29) is 30.4 Å². The maximum atomic E-state index is 13.9. The number of anilines is 1. The van der Waals surface area contributed by atoms with Crippen LogP contribution in [0.3, 0.4) is 0 Å². The molecule has 8 nitrogen and oxygen atoms in total. The molecule has 3 heterocycles. The number of carbonyl (C=O) groups excluding carboxylic acids is 3. The quantitative estimate of drug-likeness (QED) is 0.405. The number of rotatable bonds is 11. The third-order valence-corrected chi connectivity index (χ3v) is 8.22. The number of fused-ring (bicyclic) bond motifs is 2. The summed E-state index contributed by atoms with van der Waals surface area (Å²) in [6.45, 7) is 3.12. The molecule has 2 bridgehead atoms. The van der Waals surface area contributed by atoms with E-state index in [0.29, 0.717) is 31.6 Å². The van der Waals surface area contributed by atoms with Crippen molar-refractivity contribution in [2.45, 2.75) is 69.6 Å². The Balaban J connectivity index is 1.42. The molecular formula is C29H37N3O5. The lowest BCUT2D eigenvalue weighted by atomic mass is 9.70. The predicted molar refractivity (Wildman–Crippen MR) is 141 cm³/mol. The van der Waals surface area contributed by atoms with Gasteiger partial charge in [0.1, 0.15) is 11.6 Å². The standard InChI is InChI=1S/C29H37N3O5/c1-2-15-30-26(34)23-22-13-14-29(37-22)24(23)28(36)32(16-7-3-4-8-17-33)25(29)27(35)31-21-12-11-19-9-5-6-10-20(19)18-21/h5-6,9-12,18,22-25,33H,2-4,7-8,13-17H2,1H3,(H,30,34)(H,31,35)/t22-,23+,24+,25?,29?/m1/s1. The van der Waals surface area contributed by atoms with Gasteiger partial charge in [-0.05, 0) is 55.0 Å².